The minimum Gasteiger partial charge on any atom is -0.322 e. The van der Waals surface area contributed by atoms with Crippen molar-refractivity contribution < 1.29 is 13.6 Å². The van der Waals surface area contributed by atoms with Crippen molar-refractivity contribution in [2.24, 2.45) is 5.73 Å². The highest BCUT2D eigenvalue weighted by molar-refractivity contribution is 6.04. The van der Waals surface area contributed by atoms with Gasteiger partial charge in [-0.1, -0.05) is 17.9 Å². The van der Waals surface area contributed by atoms with Crippen LogP contribution in [0.3, 0.4) is 0 Å². The third-order valence-corrected chi connectivity index (χ3v) is 2.58. The Kier molecular flexibility index (Phi) is 4.64. The number of halogens is 2. The van der Waals surface area contributed by atoms with E-state index < -0.39 is 17.5 Å². The van der Waals surface area contributed by atoms with Crippen LogP contribution in [0.1, 0.15) is 15.9 Å². The van der Waals surface area contributed by atoms with E-state index in [0.717, 1.165) is 18.2 Å². The lowest BCUT2D eigenvalue weighted by atomic mass is 10.1. The summed E-state index contributed by atoms with van der Waals surface area (Å²) >= 11 is 0. The summed E-state index contributed by atoms with van der Waals surface area (Å²) in [6.45, 7) is 0.221. The molecule has 2 rings (SSSR count). The molecular weight excluding hydrogens is 274 g/mol. The van der Waals surface area contributed by atoms with Gasteiger partial charge in [-0.2, -0.15) is 0 Å². The van der Waals surface area contributed by atoms with Crippen molar-refractivity contribution in [3.8, 4) is 11.8 Å². The van der Waals surface area contributed by atoms with Gasteiger partial charge >= 0.3 is 0 Å². The van der Waals surface area contributed by atoms with Gasteiger partial charge in [0, 0.05) is 22.9 Å². The lowest BCUT2D eigenvalue weighted by Gasteiger charge is -2.06. The average molecular weight is 286 g/mol. The van der Waals surface area contributed by atoms with E-state index in [4.69, 9.17) is 5.73 Å². The summed E-state index contributed by atoms with van der Waals surface area (Å²) in [6.07, 6.45) is 0. The van der Waals surface area contributed by atoms with Crippen LogP contribution >= 0.6 is 0 Å². The zero-order chi connectivity index (χ0) is 15.2. The lowest BCUT2D eigenvalue weighted by Crippen LogP contribution is -2.12. The largest absolute Gasteiger partial charge is 0.322 e. The molecule has 0 aromatic heterocycles. The number of anilines is 1. The number of benzene rings is 2. The first-order valence-corrected chi connectivity index (χ1v) is 6.15. The Hall–Kier alpha value is -2.71. The monoisotopic (exact) mass is 286 g/mol. The van der Waals surface area contributed by atoms with Crippen LogP contribution in [0.5, 0.6) is 0 Å². The maximum absolute atomic E-state index is 13.1. The van der Waals surface area contributed by atoms with Crippen LogP contribution in [0.2, 0.25) is 0 Å². The molecule has 0 aliphatic carbocycles. The number of nitrogens with one attached hydrogen (secondary N) is 1. The molecule has 0 unspecified atom stereocenters. The molecule has 3 nitrogen and oxygen atoms in total. The molecule has 2 aromatic rings. The van der Waals surface area contributed by atoms with Crippen LogP contribution in [0.25, 0.3) is 0 Å². The molecule has 1 amide bonds. The Morgan fingerprint density at radius 3 is 2.52 bits per heavy atom. The van der Waals surface area contributed by atoms with E-state index in [9.17, 15) is 13.6 Å². The highest BCUT2D eigenvalue weighted by Gasteiger charge is 2.08. The molecule has 0 bridgehead atoms. The standard InChI is InChI=1S/C16H12F2N2O/c17-13-8-14(18)10-15(9-13)20-16(21)12-5-1-3-11(7-12)4-2-6-19/h1,3,5,7-10H,6,19H2,(H,20,21). The highest BCUT2D eigenvalue weighted by Crippen LogP contribution is 2.14. The summed E-state index contributed by atoms with van der Waals surface area (Å²) in [6, 6.07) is 9.38. The van der Waals surface area contributed by atoms with Gasteiger partial charge in [-0.25, -0.2) is 8.78 Å². The van der Waals surface area contributed by atoms with Crippen LogP contribution in [0.15, 0.2) is 42.5 Å². The Bertz CT molecular complexity index is 712. The minimum absolute atomic E-state index is 0.0518. The summed E-state index contributed by atoms with van der Waals surface area (Å²) in [5, 5.41) is 2.43. The molecular formula is C16H12F2N2O. The summed E-state index contributed by atoms with van der Waals surface area (Å²) in [7, 11) is 0. The van der Waals surface area contributed by atoms with Crippen LogP contribution < -0.4 is 11.1 Å². The van der Waals surface area contributed by atoms with Crippen LogP contribution in [-0.4, -0.2) is 12.5 Å². The molecule has 21 heavy (non-hydrogen) atoms. The summed E-state index contributed by atoms with van der Waals surface area (Å²) in [5.74, 6) is 3.50. The molecule has 5 heteroatoms. The molecule has 0 saturated carbocycles. The fraction of sp³-hybridized carbons (Fsp3) is 0.0625. The third-order valence-electron chi connectivity index (χ3n) is 2.58. The Balaban J connectivity index is 2.20. The van der Waals surface area contributed by atoms with Crippen molar-refractivity contribution in [3.05, 3.63) is 65.2 Å². The van der Waals surface area contributed by atoms with Crippen molar-refractivity contribution in [2.45, 2.75) is 0 Å². The molecule has 106 valence electrons. The molecule has 0 saturated heterocycles. The Morgan fingerprint density at radius 2 is 1.86 bits per heavy atom. The number of hydrogen-bond donors (Lipinski definition) is 2. The van der Waals surface area contributed by atoms with Gasteiger partial charge in [0.2, 0.25) is 0 Å². The Morgan fingerprint density at radius 1 is 1.14 bits per heavy atom. The van der Waals surface area contributed by atoms with Crippen molar-refractivity contribution in [2.75, 3.05) is 11.9 Å². The van der Waals surface area contributed by atoms with E-state index in [1.807, 2.05) is 0 Å². The smallest absolute Gasteiger partial charge is 0.255 e. The summed E-state index contributed by atoms with van der Waals surface area (Å²) in [4.78, 5) is 12.0. The first-order chi connectivity index (χ1) is 10.1. The molecule has 2 aromatic carbocycles. The second-order valence-corrected chi connectivity index (χ2v) is 4.20. The van der Waals surface area contributed by atoms with Gasteiger partial charge in [-0.05, 0) is 30.3 Å². The first kappa shape index (κ1) is 14.7. The zero-order valence-electron chi connectivity index (χ0n) is 11.0. The van der Waals surface area contributed by atoms with E-state index in [2.05, 4.69) is 17.2 Å². The van der Waals surface area contributed by atoms with Crippen molar-refractivity contribution in [3.63, 3.8) is 0 Å². The van der Waals surface area contributed by atoms with Crippen molar-refractivity contribution >= 4 is 11.6 Å². The summed E-state index contributed by atoms with van der Waals surface area (Å²) < 4.78 is 26.1. The number of amides is 1. The molecule has 0 aliphatic rings. The number of rotatable bonds is 2. The van der Waals surface area contributed by atoms with Crippen LogP contribution in [0, 0.1) is 23.5 Å². The molecule has 0 aliphatic heterocycles. The predicted molar refractivity (Wildman–Crippen MR) is 76.7 cm³/mol. The molecule has 3 N–H and O–H groups in total. The van der Waals surface area contributed by atoms with E-state index in [0.29, 0.717) is 11.1 Å². The number of nitrogens with two attached hydrogens (primary N) is 1. The van der Waals surface area contributed by atoms with Gasteiger partial charge in [0.1, 0.15) is 11.6 Å². The van der Waals surface area contributed by atoms with Gasteiger partial charge in [0.05, 0.1) is 6.54 Å². The Labute approximate surface area is 120 Å². The van der Waals surface area contributed by atoms with Gasteiger partial charge < -0.3 is 11.1 Å². The fourth-order valence-corrected chi connectivity index (χ4v) is 1.72. The number of hydrogen-bond acceptors (Lipinski definition) is 2. The minimum atomic E-state index is -0.757. The SMILES string of the molecule is NCC#Cc1cccc(C(=O)Nc2cc(F)cc(F)c2)c1. The zero-order valence-corrected chi connectivity index (χ0v) is 11.0. The van der Waals surface area contributed by atoms with Crippen LogP contribution in [0.4, 0.5) is 14.5 Å². The molecule has 0 spiro atoms. The maximum Gasteiger partial charge on any atom is 0.255 e. The molecule has 0 fully saturated rings. The van der Waals surface area contributed by atoms with Crippen molar-refractivity contribution in [1.82, 2.24) is 0 Å². The highest BCUT2D eigenvalue weighted by atomic mass is 19.1. The quantitative estimate of drug-likeness (QED) is 0.834. The first-order valence-electron chi connectivity index (χ1n) is 6.15. The summed E-state index contributed by atoms with van der Waals surface area (Å²) in [5.41, 5.74) is 6.31. The molecule has 0 heterocycles. The van der Waals surface area contributed by atoms with Gasteiger partial charge in [-0.15, -0.1) is 0 Å². The second kappa shape index (κ2) is 6.64. The average Bonchev–Trinajstić information content (AvgIpc) is 2.44. The van der Waals surface area contributed by atoms with E-state index >= 15 is 0 Å². The maximum atomic E-state index is 13.1. The van der Waals surface area contributed by atoms with Crippen molar-refractivity contribution in [1.29, 1.82) is 0 Å². The molecule has 0 radical (unpaired) electrons. The third kappa shape index (κ3) is 4.13. The predicted octanol–water partition coefficient (Wildman–Crippen LogP) is 2.53. The van der Waals surface area contributed by atoms with E-state index in [-0.39, 0.29) is 12.2 Å². The lowest BCUT2D eigenvalue weighted by molar-refractivity contribution is 0.102. The van der Waals surface area contributed by atoms with E-state index in [1.165, 1.54) is 0 Å². The number of carbonyl (C=O) groups is 1. The molecule has 0 atom stereocenters. The van der Waals surface area contributed by atoms with Crippen LogP contribution in [-0.2, 0) is 0 Å². The van der Waals surface area contributed by atoms with Gasteiger partial charge in [0.15, 0.2) is 0 Å². The fourth-order valence-electron chi connectivity index (χ4n) is 1.72. The normalized spacial score (nSPS) is 9.67. The topological polar surface area (TPSA) is 55.1 Å². The van der Waals surface area contributed by atoms with E-state index in [1.54, 1.807) is 24.3 Å². The van der Waals surface area contributed by atoms with Gasteiger partial charge in [-0.3, -0.25) is 4.79 Å². The number of carbonyl (C=O) groups excluding carboxylic acids is 1. The second-order valence-electron chi connectivity index (χ2n) is 4.20. The van der Waals surface area contributed by atoms with Gasteiger partial charge in [0.25, 0.3) is 5.91 Å².